The number of benzene rings is 1. The molecule has 2 aromatic heterocycles. The lowest BCUT2D eigenvalue weighted by Crippen LogP contribution is -2.42. The maximum Gasteiger partial charge on any atom is 0.157 e. The number of nitrogens with zero attached hydrogens (tertiary/aromatic N) is 5. The lowest BCUT2D eigenvalue weighted by atomic mass is 9.97. The van der Waals surface area contributed by atoms with E-state index in [1.165, 1.54) is 0 Å². The van der Waals surface area contributed by atoms with E-state index in [0.29, 0.717) is 0 Å². The highest BCUT2D eigenvalue weighted by Gasteiger charge is 2.34. The number of aryl methyl sites for hydroxylation is 1. The number of aromatic nitrogens is 3. The summed E-state index contributed by atoms with van der Waals surface area (Å²) in [6.07, 6.45) is 3.90. The standard InChI is InChI=1S/C19H22N6/c1-4-24-19-15(12-22-24)10-14(11-21-19)17-13(2)18(20-3)25(23-17)16-8-6-5-7-9-16/h5-13,18,20H,4H2,1-3H3. The van der Waals surface area contributed by atoms with Crippen molar-refractivity contribution >= 4 is 22.4 Å². The highest BCUT2D eigenvalue weighted by molar-refractivity contribution is 6.06. The third-order valence-electron chi connectivity index (χ3n) is 4.77. The van der Waals surface area contributed by atoms with E-state index in [1.807, 2.05) is 42.3 Å². The van der Waals surface area contributed by atoms with Crippen molar-refractivity contribution in [2.24, 2.45) is 11.0 Å². The zero-order valence-electron chi connectivity index (χ0n) is 14.7. The number of hydrazone groups is 1. The fourth-order valence-electron chi connectivity index (χ4n) is 3.47. The van der Waals surface area contributed by atoms with Crippen molar-refractivity contribution in [3.8, 4) is 0 Å². The molecule has 1 aliphatic heterocycles. The molecule has 128 valence electrons. The normalized spacial score (nSPS) is 20.3. The van der Waals surface area contributed by atoms with Gasteiger partial charge in [-0.15, -0.1) is 0 Å². The predicted molar refractivity (Wildman–Crippen MR) is 101 cm³/mol. The molecule has 0 spiro atoms. The number of para-hydroxylation sites is 1. The first-order valence-corrected chi connectivity index (χ1v) is 8.65. The molecule has 1 aliphatic rings. The molecule has 2 atom stereocenters. The molecule has 0 saturated heterocycles. The van der Waals surface area contributed by atoms with Crippen LogP contribution in [0, 0.1) is 5.92 Å². The Morgan fingerprint density at radius 3 is 2.68 bits per heavy atom. The van der Waals surface area contributed by atoms with Gasteiger partial charge in [-0.25, -0.2) is 14.7 Å². The van der Waals surface area contributed by atoms with Crippen molar-refractivity contribution in [3.05, 3.63) is 54.4 Å². The zero-order chi connectivity index (χ0) is 17.4. The number of rotatable bonds is 4. The van der Waals surface area contributed by atoms with Crippen LogP contribution in [0.5, 0.6) is 0 Å². The topological polar surface area (TPSA) is 58.3 Å². The van der Waals surface area contributed by atoms with Crippen LogP contribution in [0.2, 0.25) is 0 Å². The van der Waals surface area contributed by atoms with Gasteiger partial charge in [-0.05, 0) is 32.2 Å². The molecule has 0 bridgehead atoms. The zero-order valence-corrected chi connectivity index (χ0v) is 14.7. The number of hydrogen-bond acceptors (Lipinski definition) is 5. The van der Waals surface area contributed by atoms with E-state index >= 15 is 0 Å². The number of pyridine rings is 1. The van der Waals surface area contributed by atoms with Gasteiger partial charge in [0.05, 0.1) is 17.6 Å². The van der Waals surface area contributed by atoms with E-state index in [0.717, 1.165) is 34.5 Å². The smallest absolute Gasteiger partial charge is 0.157 e. The Kier molecular flexibility index (Phi) is 3.97. The predicted octanol–water partition coefficient (Wildman–Crippen LogP) is 2.86. The highest BCUT2D eigenvalue weighted by atomic mass is 15.5. The molecule has 0 saturated carbocycles. The fourth-order valence-corrected chi connectivity index (χ4v) is 3.47. The van der Waals surface area contributed by atoms with Crippen molar-refractivity contribution in [2.75, 3.05) is 12.1 Å². The monoisotopic (exact) mass is 334 g/mol. The first-order chi connectivity index (χ1) is 12.2. The van der Waals surface area contributed by atoms with Crippen LogP contribution in [-0.4, -0.2) is 33.7 Å². The quantitative estimate of drug-likeness (QED) is 0.797. The second kappa shape index (κ2) is 6.29. The van der Waals surface area contributed by atoms with Crippen LogP contribution in [0.3, 0.4) is 0 Å². The van der Waals surface area contributed by atoms with E-state index in [4.69, 9.17) is 5.10 Å². The lowest BCUT2D eigenvalue weighted by molar-refractivity contribution is 0.493. The Hall–Kier alpha value is -2.73. The summed E-state index contributed by atoms with van der Waals surface area (Å²) in [5.74, 6) is 0.241. The van der Waals surface area contributed by atoms with Gasteiger partial charge in [0.25, 0.3) is 0 Å². The average Bonchev–Trinajstić information content (AvgIpc) is 3.22. The van der Waals surface area contributed by atoms with Gasteiger partial charge in [-0.3, -0.25) is 5.32 Å². The second-order valence-corrected chi connectivity index (χ2v) is 6.28. The molecule has 6 heteroatoms. The van der Waals surface area contributed by atoms with Gasteiger partial charge in [-0.1, -0.05) is 25.1 Å². The van der Waals surface area contributed by atoms with Crippen LogP contribution >= 0.6 is 0 Å². The molecule has 0 radical (unpaired) electrons. The molecule has 6 nitrogen and oxygen atoms in total. The second-order valence-electron chi connectivity index (χ2n) is 6.28. The van der Waals surface area contributed by atoms with E-state index in [-0.39, 0.29) is 12.1 Å². The minimum atomic E-state index is 0.117. The molecule has 3 aromatic rings. The van der Waals surface area contributed by atoms with Crippen LogP contribution in [-0.2, 0) is 6.54 Å². The molecule has 0 amide bonds. The van der Waals surface area contributed by atoms with Gasteiger partial charge >= 0.3 is 0 Å². The summed E-state index contributed by atoms with van der Waals surface area (Å²) in [7, 11) is 1.97. The Morgan fingerprint density at radius 2 is 1.96 bits per heavy atom. The van der Waals surface area contributed by atoms with E-state index in [9.17, 15) is 0 Å². The first kappa shape index (κ1) is 15.8. The fraction of sp³-hybridized carbons (Fsp3) is 0.316. The summed E-state index contributed by atoms with van der Waals surface area (Å²) in [5.41, 5.74) is 4.09. The summed E-state index contributed by atoms with van der Waals surface area (Å²) in [6, 6.07) is 12.4. The van der Waals surface area contributed by atoms with Crippen LogP contribution in [0.25, 0.3) is 11.0 Å². The van der Waals surface area contributed by atoms with Crippen LogP contribution in [0.4, 0.5) is 5.69 Å². The minimum Gasteiger partial charge on any atom is -0.298 e. The molecule has 0 fully saturated rings. The summed E-state index contributed by atoms with van der Waals surface area (Å²) in [6.45, 7) is 5.08. The summed E-state index contributed by atoms with van der Waals surface area (Å²) >= 11 is 0. The summed E-state index contributed by atoms with van der Waals surface area (Å²) in [4.78, 5) is 4.62. The van der Waals surface area contributed by atoms with E-state index < -0.39 is 0 Å². The molecule has 1 N–H and O–H groups in total. The summed E-state index contributed by atoms with van der Waals surface area (Å²) in [5, 5.41) is 15.8. The lowest BCUT2D eigenvalue weighted by Gasteiger charge is -2.25. The maximum absolute atomic E-state index is 4.92. The molecular weight excluding hydrogens is 312 g/mol. The third-order valence-corrected chi connectivity index (χ3v) is 4.77. The van der Waals surface area contributed by atoms with E-state index in [1.54, 1.807) is 0 Å². The van der Waals surface area contributed by atoms with Crippen molar-refractivity contribution in [2.45, 2.75) is 26.6 Å². The van der Waals surface area contributed by atoms with Crippen LogP contribution in [0.1, 0.15) is 19.4 Å². The molecule has 3 heterocycles. The van der Waals surface area contributed by atoms with Crippen molar-refractivity contribution in [1.82, 2.24) is 20.1 Å². The van der Waals surface area contributed by atoms with Crippen molar-refractivity contribution < 1.29 is 0 Å². The van der Waals surface area contributed by atoms with Gasteiger partial charge in [0.15, 0.2) is 5.65 Å². The minimum absolute atomic E-state index is 0.117. The van der Waals surface area contributed by atoms with Crippen LogP contribution in [0.15, 0.2) is 53.9 Å². The molecule has 1 aromatic carbocycles. The maximum atomic E-state index is 4.92. The first-order valence-electron chi connectivity index (χ1n) is 8.65. The SMILES string of the molecule is CCn1ncc2cc(C3=NN(c4ccccc4)C(NC)C3C)cnc21. The summed E-state index contributed by atoms with van der Waals surface area (Å²) < 4.78 is 1.91. The van der Waals surface area contributed by atoms with Crippen molar-refractivity contribution in [3.63, 3.8) is 0 Å². The number of hydrogen-bond donors (Lipinski definition) is 1. The number of fused-ring (bicyclic) bond motifs is 1. The van der Waals surface area contributed by atoms with Crippen LogP contribution < -0.4 is 10.3 Å². The Balaban J connectivity index is 1.76. The molecule has 2 unspecified atom stereocenters. The van der Waals surface area contributed by atoms with E-state index in [2.05, 4.69) is 52.5 Å². The highest BCUT2D eigenvalue weighted by Crippen LogP contribution is 2.29. The van der Waals surface area contributed by atoms with Gasteiger partial charge < -0.3 is 0 Å². The van der Waals surface area contributed by atoms with Gasteiger partial charge in [0, 0.05) is 29.6 Å². The average molecular weight is 334 g/mol. The Bertz CT molecular complexity index is 914. The third kappa shape index (κ3) is 2.59. The Labute approximate surface area is 147 Å². The van der Waals surface area contributed by atoms with Gasteiger partial charge in [0.2, 0.25) is 0 Å². The number of anilines is 1. The molecule has 25 heavy (non-hydrogen) atoms. The van der Waals surface area contributed by atoms with Crippen molar-refractivity contribution in [1.29, 1.82) is 0 Å². The van der Waals surface area contributed by atoms with Gasteiger partial charge in [0.1, 0.15) is 6.17 Å². The molecule has 4 rings (SSSR count). The Morgan fingerprint density at radius 1 is 1.16 bits per heavy atom. The van der Waals surface area contributed by atoms with Gasteiger partial charge in [-0.2, -0.15) is 10.2 Å². The number of nitrogens with one attached hydrogen (secondary N) is 1. The molecule has 0 aliphatic carbocycles. The molecular formula is C19H22N6. The largest absolute Gasteiger partial charge is 0.298 e.